The molecular formula is C15H25ClN2O2. The lowest BCUT2D eigenvalue weighted by Crippen LogP contribution is -3.00. The standard InChI is InChI=1S/C8H15NO2.C7H9N.ClH/c1-7(2)8(10)11-6-5-9(3)4;8-6-7-4-2-1-3-5-7;/h1,5-6H2,2-4H3;1-5H,6,8H2;1H. The SMILES string of the molecule is C=C(C)C(=O)OCCN(C)C.[Cl-].[NH3+]Cc1ccccc1. The van der Waals surface area contributed by atoms with Crippen molar-refractivity contribution in [2.45, 2.75) is 13.5 Å². The summed E-state index contributed by atoms with van der Waals surface area (Å²) in [6.45, 7) is 7.17. The van der Waals surface area contributed by atoms with Gasteiger partial charge in [-0.25, -0.2) is 4.79 Å². The van der Waals surface area contributed by atoms with Crippen molar-refractivity contribution in [3.8, 4) is 0 Å². The molecule has 3 N–H and O–H groups in total. The Morgan fingerprint density at radius 3 is 2.20 bits per heavy atom. The summed E-state index contributed by atoms with van der Waals surface area (Å²) in [5.41, 5.74) is 5.50. The van der Waals surface area contributed by atoms with E-state index in [4.69, 9.17) is 4.74 Å². The molecule has 0 spiro atoms. The van der Waals surface area contributed by atoms with Gasteiger partial charge >= 0.3 is 5.97 Å². The predicted octanol–water partition coefficient (Wildman–Crippen LogP) is -1.90. The molecule has 4 nitrogen and oxygen atoms in total. The molecule has 0 heterocycles. The summed E-state index contributed by atoms with van der Waals surface area (Å²) < 4.78 is 4.83. The van der Waals surface area contributed by atoms with E-state index in [2.05, 4.69) is 24.4 Å². The van der Waals surface area contributed by atoms with E-state index in [1.807, 2.05) is 37.2 Å². The lowest BCUT2D eigenvalue weighted by atomic mass is 10.2. The van der Waals surface area contributed by atoms with Crippen molar-refractivity contribution in [2.75, 3.05) is 27.2 Å². The van der Waals surface area contributed by atoms with Gasteiger partial charge in [-0.05, 0) is 21.0 Å². The van der Waals surface area contributed by atoms with E-state index in [9.17, 15) is 4.79 Å². The van der Waals surface area contributed by atoms with E-state index in [-0.39, 0.29) is 18.4 Å². The minimum atomic E-state index is -0.313. The van der Waals surface area contributed by atoms with Crippen LogP contribution in [0.25, 0.3) is 0 Å². The number of hydrogen-bond acceptors (Lipinski definition) is 3. The van der Waals surface area contributed by atoms with Crippen molar-refractivity contribution in [1.82, 2.24) is 4.90 Å². The Hall–Kier alpha value is -1.36. The maximum Gasteiger partial charge on any atom is 0.333 e. The molecule has 1 aromatic carbocycles. The van der Waals surface area contributed by atoms with Gasteiger partial charge in [-0.1, -0.05) is 36.9 Å². The average molecular weight is 301 g/mol. The Bertz CT molecular complexity index is 381. The van der Waals surface area contributed by atoms with Crippen molar-refractivity contribution in [1.29, 1.82) is 0 Å². The highest BCUT2D eigenvalue weighted by molar-refractivity contribution is 5.86. The van der Waals surface area contributed by atoms with E-state index >= 15 is 0 Å². The van der Waals surface area contributed by atoms with Crippen LogP contribution < -0.4 is 18.1 Å². The van der Waals surface area contributed by atoms with E-state index in [1.54, 1.807) is 6.92 Å². The number of carbonyl (C=O) groups is 1. The lowest BCUT2D eigenvalue weighted by molar-refractivity contribution is -0.386. The third kappa shape index (κ3) is 11.7. The van der Waals surface area contributed by atoms with Crippen molar-refractivity contribution in [3.05, 3.63) is 48.0 Å². The molecule has 5 heteroatoms. The second-order valence-electron chi connectivity index (χ2n) is 4.46. The average Bonchev–Trinajstić information content (AvgIpc) is 2.39. The number of esters is 1. The Balaban J connectivity index is 0. The normalized spacial score (nSPS) is 9.05. The summed E-state index contributed by atoms with van der Waals surface area (Å²) >= 11 is 0. The zero-order valence-electron chi connectivity index (χ0n) is 12.6. The van der Waals surface area contributed by atoms with Gasteiger partial charge in [-0.2, -0.15) is 0 Å². The fraction of sp³-hybridized carbons (Fsp3) is 0.400. The zero-order valence-corrected chi connectivity index (χ0v) is 13.3. The number of benzene rings is 1. The van der Waals surface area contributed by atoms with Crippen molar-refractivity contribution >= 4 is 5.97 Å². The van der Waals surface area contributed by atoms with Crippen LogP contribution in [0.15, 0.2) is 42.5 Å². The number of hydrogen-bond donors (Lipinski definition) is 1. The second-order valence-corrected chi connectivity index (χ2v) is 4.46. The quantitative estimate of drug-likeness (QED) is 0.510. The third-order valence-electron chi connectivity index (χ3n) is 2.25. The van der Waals surface area contributed by atoms with Crippen LogP contribution in [0.5, 0.6) is 0 Å². The maximum atomic E-state index is 10.8. The van der Waals surface area contributed by atoms with Crippen LogP contribution >= 0.6 is 0 Å². The molecule has 0 bridgehead atoms. The molecular weight excluding hydrogens is 276 g/mol. The van der Waals surface area contributed by atoms with Gasteiger partial charge in [0.1, 0.15) is 6.61 Å². The van der Waals surface area contributed by atoms with Gasteiger partial charge in [0.25, 0.3) is 0 Å². The first kappa shape index (κ1) is 20.9. The van der Waals surface area contributed by atoms with Gasteiger partial charge in [0.15, 0.2) is 0 Å². The van der Waals surface area contributed by atoms with Crippen molar-refractivity contribution in [3.63, 3.8) is 0 Å². The molecule has 0 atom stereocenters. The van der Waals surface area contributed by atoms with Crippen LogP contribution in [0.1, 0.15) is 12.5 Å². The first-order valence-corrected chi connectivity index (χ1v) is 6.28. The smallest absolute Gasteiger partial charge is 0.333 e. The van der Waals surface area contributed by atoms with Crippen LogP contribution in [-0.2, 0) is 16.1 Å². The third-order valence-corrected chi connectivity index (χ3v) is 2.25. The van der Waals surface area contributed by atoms with Gasteiger partial charge in [0.2, 0.25) is 0 Å². The summed E-state index contributed by atoms with van der Waals surface area (Å²) in [5.74, 6) is -0.313. The highest BCUT2D eigenvalue weighted by Crippen LogP contribution is 1.93. The number of likely N-dealkylation sites (N-methyl/N-ethyl adjacent to an activating group) is 1. The first-order chi connectivity index (χ1) is 8.97. The molecule has 0 aromatic heterocycles. The van der Waals surface area contributed by atoms with Gasteiger partial charge in [-0.3, -0.25) is 0 Å². The summed E-state index contributed by atoms with van der Waals surface area (Å²) in [4.78, 5) is 12.7. The number of ether oxygens (including phenoxy) is 1. The number of quaternary nitrogens is 1. The molecule has 20 heavy (non-hydrogen) atoms. The predicted molar refractivity (Wildman–Crippen MR) is 77.4 cm³/mol. The molecule has 1 rings (SSSR count). The van der Waals surface area contributed by atoms with Crippen LogP contribution in [0, 0.1) is 0 Å². The van der Waals surface area contributed by atoms with Gasteiger partial charge in [0.05, 0.1) is 6.54 Å². The topological polar surface area (TPSA) is 57.2 Å². The minimum absolute atomic E-state index is 0. The molecule has 0 radical (unpaired) electrons. The highest BCUT2D eigenvalue weighted by Gasteiger charge is 2.01. The van der Waals surface area contributed by atoms with Crippen molar-refractivity contribution < 1.29 is 27.7 Å². The Labute approximate surface area is 128 Å². The maximum absolute atomic E-state index is 10.8. The van der Waals surface area contributed by atoms with Gasteiger partial charge in [-0.15, -0.1) is 0 Å². The van der Waals surface area contributed by atoms with E-state index in [1.165, 1.54) is 5.56 Å². The van der Waals surface area contributed by atoms with E-state index in [0.717, 1.165) is 13.1 Å². The van der Waals surface area contributed by atoms with Crippen LogP contribution in [0.4, 0.5) is 0 Å². The molecule has 0 aliphatic carbocycles. The van der Waals surface area contributed by atoms with Crippen LogP contribution in [-0.4, -0.2) is 38.1 Å². The van der Waals surface area contributed by atoms with Gasteiger partial charge in [0, 0.05) is 17.7 Å². The number of nitrogens with zero attached hydrogens (tertiary/aromatic N) is 1. The minimum Gasteiger partial charge on any atom is -1.00 e. The Kier molecular flexibility index (Phi) is 13.3. The molecule has 1 aromatic rings. The monoisotopic (exact) mass is 300 g/mol. The number of rotatable bonds is 5. The molecule has 0 fully saturated rings. The summed E-state index contributed by atoms with van der Waals surface area (Å²) in [6.07, 6.45) is 0. The lowest BCUT2D eigenvalue weighted by Gasteiger charge is -2.09. The molecule has 0 amide bonds. The van der Waals surface area contributed by atoms with Crippen LogP contribution in [0.3, 0.4) is 0 Å². The Morgan fingerprint density at radius 1 is 1.30 bits per heavy atom. The summed E-state index contributed by atoms with van der Waals surface area (Å²) in [6, 6.07) is 10.2. The fourth-order valence-corrected chi connectivity index (χ4v) is 1.09. The molecule has 0 saturated heterocycles. The molecule has 0 saturated carbocycles. The highest BCUT2D eigenvalue weighted by atomic mass is 35.5. The second kappa shape index (κ2) is 12.7. The Morgan fingerprint density at radius 2 is 1.85 bits per heavy atom. The number of carbonyl (C=O) groups excluding carboxylic acids is 1. The van der Waals surface area contributed by atoms with E-state index in [0.29, 0.717) is 12.2 Å². The zero-order chi connectivity index (χ0) is 14.7. The molecule has 0 unspecified atom stereocenters. The largest absolute Gasteiger partial charge is 1.00 e. The van der Waals surface area contributed by atoms with E-state index < -0.39 is 0 Å². The molecule has 0 aliphatic heterocycles. The first-order valence-electron chi connectivity index (χ1n) is 6.28. The summed E-state index contributed by atoms with van der Waals surface area (Å²) in [7, 11) is 3.85. The van der Waals surface area contributed by atoms with Crippen LogP contribution in [0.2, 0.25) is 0 Å². The molecule has 0 aliphatic rings. The fourth-order valence-electron chi connectivity index (χ4n) is 1.09. The van der Waals surface area contributed by atoms with Crippen molar-refractivity contribution in [2.24, 2.45) is 0 Å². The molecule has 114 valence electrons. The van der Waals surface area contributed by atoms with Gasteiger partial charge < -0.3 is 27.8 Å². The number of halogens is 1. The summed E-state index contributed by atoms with van der Waals surface area (Å²) in [5, 5.41) is 0.